The van der Waals surface area contributed by atoms with Crippen LogP contribution in [-0.4, -0.2) is 50.6 Å². The Morgan fingerprint density at radius 1 is 0.846 bits per heavy atom. The van der Waals surface area contributed by atoms with Crippen molar-refractivity contribution >= 4 is 28.2 Å². The molecule has 39 heavy (non-hydrogen) atoms. The molecule has 0 atom stereocenters. The minimum Gasteiger partial charge on any atom is -0.393 e. The second-order valence-electron chi connectivity index (χ2n) is 10.2. The number of benzene rings is 3. The fourth-order valence-corrected chi connectivity index (χ4v) is 5.21. The summed E-state index contributed by atoms with van der Waals surface area (Å²) >= 11 is 0. The van der Waals surface area contributed by atoms with E-state index in [-0.39, 0.29) is 17.7 Å². The van der Waals surface area contributed by atoms with Crippen molar-refractivity contribution in [3.05, 3.63) is 114 Å². The van der Waals surface area contributed by atoms with Gasteiger partial charge in [-0.15, -0.1) is 0 Å². The van der Waals surface area contributed by atoms with Crippen LogP contribution in [0.3, 0.4) is 0 Å². The van der Waals surface area contributed by atoms with Crippen molar-refractivity contribution in [3.8, 4) is 5.69 Å². The Balaban J connectivity index is 1.12. The van der Waals surface area contributed by atoms with Gasteiger partial charge in [0.25, 0.3) is 0 Å². The molecular weight excluding hydrogens is 488 g/mol. The van der Waals surface area contributed by atoms with Gasteiger partial charge in [0.1, 0.15) is 0 Å². The van der Waals surface area contributed by atoms with Crippen LogP contribution in [0.15, 0.2) is 91.3 Å². The number of hydrogen-bond donors (Lipinski definition) is 2. The Bertz CT molecular complexity index is 1590. The average Bonchev–Trinajstić information content (AvgIpc) is 3.65. The number of ketones is 2. The number of nitrogens with one attached hydrogen (secondary N) is 1. The number of aliphatic hydroxyl groups excluding tert-OH is 1. The van der Waals surface area contributed by atoms with E-state index >= 15 is 0 Å². The number of nitrogens with zero attached hydrogens (tertiary/aromatic N) is 3. The van der Waals surface area contributed by atoms with Crippen LogP contribution in [0, 0.1) is 0 Å². The lowest BCUT2D eigenvalue weighted by molar-refractivity contribution is 0.0982. The maximum absolute atomic E-state index is 13.0. The Morgan fingerprint density at radius 3 is 2.26 bits per heavy atom. The molecule has 3 aromatic carbocycles. The third kappa shape index (κ3) is 5.40. The van der Waals surface area contributed by atoms with Gasteiger partial charge >= 0.3 is 0 Å². The number of carbonyl (C=O) groups excluding carboxylic acids is 2. The van der Waals surface area contributed by atoms with E-state index in [2.05, 4.69) is 15.0 Å². The van der Waals surface area contributed by atoms with Crippen LogP contribution in [0.1, 0.15) is 44.8 Å². The summed E-state index contributed by atoms with van der Waals surface area (Å²) in [5.74, 6) is 0.130. The van der Waals surface area contributed by atoms with Gasteiger partial charge in [-0.05, 0) is 84.6 Å². The van der Waals surface area contributed by atoms with Crippen molar-refractivity contribution in [2.45, 2.75) is 31.8 Å². The molecule has 0 spiro atoms. The Hall–Kier alpha value is -4.49. The summed E-state index contributed by atoms with van der Waals surface area (Å²) in [6, 6.07) is 25.3. The van der Waals surface area contributed by atoms with Gasteiger partial charge in [-0.3, -0.25) is 9.59 Å². The second kappa shape index (κ2) is 10.7. The van der Waals surface area contributed by atoms with Crippen LogP contribution in [0.2, 0.25) is 0 Å². The van der Waals surface area contributed by atoms with Gasteiger partial charge in [0, 0.05) is 48.8 Å². The van der Waals surface area contributed by atoms with Gasteiger partial charge in [-0.1, -0.05) is 18.2 Å². The first-order valence-electron chi connectivity index (χ1n) is 13.3. The minimum absolute atomic E-state index is 0.0537. The highest BCUT2D eigenvalue weighted by molar-refractivity contribution is 5.98. The summed E-state index contributed by atoms with van der Waals surface area (Å²) in [5, 5.41) is 15.3. The lowest BCUT2D eigenvalue weighted by Gasteiger charge is -2.31. The molecular formula is C32H30N4O3. The Labute approximate surface area is 226 Å². The normalized spacial score (nSPS) is 14.1. The number of H-pyrrole nitrogens is 1. The topological polar surface area (TPSA) is 91.2 Å². The van der Waals surface area contributed by atoms with Crippen molar-refractivity contribution in [1.82, 2.24) is 14.8 Å². The lowest BCUT2D eigenvalue weighted by Crippen LogP contribution is -2.35. The maximum atomic E-state index is 13.0. The van der Waals surface area contributed by atoms with Crippen molar-refractivity contribution in [2.24, 2.45) is 0 Å². The van der Waals surface area contributed by atoms with Crippen molar-refractivity contribution in [2.75, 3.05) is 18.0 Å². The molecule has 196 valence electrons. The third-order valence-electron chi connectivity index (χ3n) is 7.46. The van der Waals surface area contributed by atoms with E-state index in [0.717, 1.165) is 59.3 Å². The van der Waals surface area contributed by atoms with Crippen molar-refractivity contribution in [1.29, 1.82) is 0 Å². The fraction of sp³-hybridized carbons (Fsp3) is 0.219. The van der Waals surface area contributed by atoms with Gasteiger partial charge in [0.15, 0.2) is 11.6 Å². The summed E-state index contributed by atoms with van der Waals surface area (Å²) in [7, 11) is 0. The number of rotatable bonds is 8. The molecule has 6 rings (SSSR count). The fourth-order valence-electron chi connectivity index (χ4n) is 5.21. The number of piperidine rings is 1. The molecule has 2 N–H and O–H groups in total. The van der Waals surface area contributed by atoms with Crippen molar-refractivity contribution < 1.29 is 14.7 Å². The molecule has 2 aromatic heterocycles. The van der Waals surface area contributed by atoms with Crippen LogP contribution in [0.5, 0.6) is 0 Å². The van der Waals surface area contributed by atoms with E-state index in [4.69, 9.17) is 0 Å². The first-order chi connectivity index (χ1) is 19.0. The highest BCUT2D eigenvalue weighted by atomic mass is 16.3. The monoisotopic (exact) mass is 518 g/mol. The molecule has 3 heterocycles. The summed E-state index contributed by atoms with van der Waals surface area (Å²) in [4.78, 5) is 30.6. The van der Waals surface area contributed by atoms with E-state index < -0.39 is 0 Å². The Kier molecular flexibility index (Phi) is 6.82. The number of anilines is 1. The van der Waals surface area contributed by atoms with Crippen LogP contribution >= 0.6 is 0 Å². The summed E-state index contributed by atoms with van der Waals surface area (Å²) in [6.45, 7) is 1.67. The molecule has 7 nitrogen and oxygen atoms in total. The molecule has 1 saturated heterocycles. The van der Waals surface area contributed by atoms with E-state index in [1.165, 1.54) is 0 Å². The van der Waals surface area contributed by atoms with Gasteiger partial charge < -0.3 is 15.0 Å². The van der Waals surface area contributed by atoms with E-state index in [1.807, 2.05) is 83.7 Å². The summed E-state index contributed by atoms with van der Waals surface area (Å²) < 4.78 is 1.87. The molecule has 0 bridgehead atoms. The van der Waals surface area contributed by atoms with Gasteiger partial charge in [0.2, 0.25) is 0 Å². The molecule has 0 saturated carbocycles. The van der Waals surface area contributed by atoms with Crippen LogP contribution in [-0.2, 0) is 12.8 Å². The highest BCUT2D eigenvalue weighted by Crippen LogP contribution is 2.23. The van der Waals surface area contributed by atoms with Gasteiger partial charge in [-0.2, -0.15) is 5.10 Å². The maximum Gasteiger partial charge on any atom is 0.183 e. The molecule has 0 unspecified atom stereocenters. The lowest BCUT2D eigenvalue weighted by atomic mass is 10.0. The molecule has 0 aliphatic carbocycles. The second-order valence-corrected chi connectivity index (χ2v) is 10.2. The number of carbonyl (C=O) groups is 2. The van der Waals surface area contributed by atoms with E-state index in [0.29, 0.717) is 24.1 Å². The van der Waals surface area contributed by atoms with Gasteiger partial charge in [-0.25, -0.2) is 4.68 Å². The average molecular weight is 519 g/mol. The number of aromatic amines is 1. The first-order valence-corrected chi connectivity index (χ1v) is 13.3. The number of hydrogen-bond acceptors (Lipinski definition) is 5. The van der Waals surface area contributed by atoms with Crippen molar-refractivity contribution in [3.63, 3.8) is 0 Å². The molecule has 0 radical (unpaired) electrons. The SMILES string of the molecule is O=C(Cc1ccc2c(cnn2-c2ccc(CC(=O)c3ccc[nH]3)cc2)c1)c1ccc(N2CCC(O)CC2)cc1. The zero-order valence-corrected chi connectivity index (χ0v) is 21.6. The number of fused-ring (bicyclic) bond motifs is 1. The van der Waals surface area contributed by atoms with Crippen LogP contribution < -0.4 is 4.90 Å². The summed E-state index contributed by atoms with van der Waals surface area (Å²) in [6.07, 6.45) is 5.58. The molecule has 0 amide bonds. The van der Waals surface area contributed by atoms with E-state index in [9.17, 15) is 14.7 Å². The molecule has 1 fully saturated rings. The Morgan fingerprint density at radius 2 is 1.54 bits per heavy atom. The molecule has 1 aliphatic rings. The van der Waals surface area contributed by atoms with Gasteiger partial charge in [0.05, 0.1) is 29.2 Å². The standard InChI is InChI=1S/C32H30N4O3/c37-28-13-16-35(17-14-28)26-10-6-24(7-11-26)31(38)20-23-5-12-30-25(18-23)21-34-36(30)27-8-3-22(4-9-27)19-32(39)29-2-1-15-33-29/h1-12,15,18,21,28,33,37H,13-14,16-17,19-20H2. The molecule has 7 heteroatoms. The number of aromatic nitrogens is 3. The van der Waals surface area contributed by atoms with Crippen LogP contribution in [0.4, 0.5) is 5.69 Å². The molecule has 1 aliphatic heterocycles. The smallest absolute Gasteiger partial charge is 0.183 e. The third-order valence-corrected chi connectivity index (χ3v) is 7.46. The quantitative estimate of drug-likeness (QED) is 0.277. The molecule has 5 aromatic rings. The largest absolute Gasteiger partial charge is 0.393 e. The first kappa shape index (κ1) is 24.8. The minimum atomic E-state index is -0.204. The zero-order valence-electron chi connectivity index (χ0n) is 21.6. The van der Waals surface area contributed by atoms with E-state index in [1.54, 1.807) is 12.3 Å². The number of aliphatic hydroxyl groups is 1. The number of Topliss-reactive ketones (excluding diaryl/α,β-unsaturated/α-hetero) is 2. The zero-order chi connectivity index (χ0) is 26.8. The summed E-state index contributed by atoms with van der Waals surface area (Å²) in [5.41, 5.74) is 6.15. The predicted molar refractivity (Wildman–Crippen MR) is 152 cm³/mol. The predicted octanol–water partition coefficient (Wildman–Crippen LogP) is 5.17. The highest BCUT2D eigenvalue weighted by Gasteiger charge is 2.18. The van der Waals surface area contributed by atoms with Crippen LogP contribution in [0.25, 0.3) is 16.6 Å².